The van der Waals surface area contributed by atoms with E-state index in [1.165, 1.54) is 12.3 Å². The zero-order chi connectivity index (χ0) is 18.4. The van der Waals surface area contributed by atoms with E-state index in [4.69, 9.17) is 9.47 Å². The normalized spacial score (nSPS) is 16.1. The molecule has 0 radical (unpaired) electrons. The van der Waals surface area contributed by atoms with Crippen LogP contribution in [-0.4, -0.2) is 36.7 Å². The summed E-state index contributed by atoms with van der Waals surface area (Å²) in [6, 6.07) is 8.03. The number of carbonyl (C=O) groups is 1. The molecule has 1 aliphatic rings. The Hall–Kier alpha value is -2.51. The van der Waals surface area contributed by atoms with Gasteiger partial charge in [-0.25, -0.2) is 4.39 Å². The predicted octanol–water partition coefficient (Wildman–Crippen LogP) is 2.40. The van der Waals surface area contributed by atoms with Crippen LogP contribution in [0.2, 0.25) is 0 Å². The number of nitrogens with zero attached hydrogens (tertiary/aromatic N) is 1. The van der Waals surface area contributed by atoms with E-state index in [-0.39, 0.29) is 18.2 Å². The monoisotopic (exact) mass is 359 g/mol. The van der Waals surface area contributed by atoms with Gasteiger partial charge in [-0.3, -0.25) is 9.78 Å². The first-order chi connectivity index (χ1) is 12.6. The maximum Gasteiger partial charge on any atom is 0.252 e. The molecule has 2 N–H and O–H groups in total. The topological polar surface area (TPSA) is 72.5 Å². The van der Waals surface area contributed by atoms with Crippen molar-refractivity contribution in [2.75, 3.05) is 20.2 Å². The van der Waals surface area contributed by atoms with Gasteiger partial charge in [0, 0.05) is 19.9 Å². The molecule has 3 rings (SSSR count). The Morgan fingerprint density at radius 2 is 2.15 bits per heavy atom. The molecule has 0 spiro atoms. The number of amides is 1. The van der Waals surface area contributed by atoms with Crippen molar-refractivity contribution in [1.82, 2.24) is 15.6 Å². The van der Waals surface area contributed by atoms with Crippen LogP contribution in [0.15, 0.2) is 42.7 Å². The molecule has 0 unspecified atom stereocenters. The number of piperidine rings is 1. The quantitative estimate of drug-likeness (QED) is 0.829. The van der Waals surface area contributed by atoms with Gasteiger partial charge in [-0.2, -0.15) is 0 Å². The lowest BCUT2D eigenvalue weighted by molar-refractivity contribution is -0.146. The molecule has 26 heavy (non-hydrogen) atoms. The van der Waals surface area contributed by atoms with Gasteiger partial charge in [0.2, 0.25) is 0 Å². The molecule has 2 aromatic rings. The second-order valence-electron chi connectivity index (χ2n) is 6.19. The van der Waals surface area contributed by atoms with Crippen LogP contribution < -0.4 is 15.4 Å². The molecule has 1 amide bonds. The SMILES string of the molecule is COC1(C(=O)NCc2ccc(Oc3cccnc3)c(F)c2)CCNCC1. The third kappa shape index (κ3) is 4.17. The Labute approximate surface area is 151 Å². The van der Waals surface area contributed by atoms with Crippen molar-refractivity contribution < 1.29 is 18.7 Å². The van der Waals surface area contributed by atoms with Crippen molar-refractivity contribution >= 4 is 5.91 Å². The Morgan fingerprint density at radius 1 is 1.35 bits per heavy atom. The number of carbonyl (C=O) groups excluding carboxylic acids is 1. The predicted molar refractivity (Wildman–Crippen MR) is 94.4 cm³/mol. The third-order valence-corrected chi connectivity index (χ3v) is 4.53. The van der Waals surface area contributed by atoms with Gasteiger partial charge in [0.05, 0.1) is 6.20 Å². The molecule has 1 aliphatic heterocycles. The average Bonchev–Trinajstić information content (AvgIpc) is 2.69. The van der Waals surface area contributed by atoms with Crippen molar-refractivity contribution in [3.8, 4) is 11.5 Å². The summed E-state index contributed by atoms with van der Waals surface area (Å²) in [6.07, 6.45) is 4.35. The maximum atomic E-state index is 14.3. The zero-order valence-corrected chi connectivity index (χ0v) is 14.6. The van der Waals surface area contributed by atoms with E-state index in [1.54, 1.807) is 37.6 Å². The van der Waals surface area contributed by atoms with Gasteiger partial charge < -0.3 is 20.1 Å². The summed E-state index contributed by atoms with van der Waals surface area (Å²) >= 11 is 0. The molecule has 0 aliphatic carbocycles. The molecular formula is C19H22FN3O3. The number of halogens is 1. The standard InChI is InChI=1S/C19H22FN3O3/c1-25-19(6-9-21-10-7-19)18(24)23-12-14-4-5-17(16(20)11-14)26-15-3-2-8-22-13-15/h2-5,8,11,13,21H,6-7,9-10,12H2,1H3,(H,23,24). The van der Waals surface area contributed by atoms with Crippen molar-refractivity contribution in [2.24, 2.45) is 0 Å². The summed E-state index contributed by atoms with van der Waals surface area (Å²) in [4.78, 5) is 16.5. The van der Waals surface area contributed by atoms with Gasteiger partial charge in [0.25, 0.3) is 5.91 Å². The van der Waals surface area contributed by atoms with Crippen LogP contribution in [0.25, 0.3) is 0 Å². The van der Waals surface area contributed by atoms with E-state index in [0.717, 1.165) is 13.1 Å². The molecule has 138 valence electrons. The lowest BCUT2D eigenvalue weighted by atomic mass is 9.91. The largest absolute Gasteiger partial charge is 0.453 e. The number of nitrogens with one attached hydrogen (secondary N) is 2. The summed E-state index contributed by atoms with van der Waals surface area (Å²) in [5, 5.41) is 6.06. The summed E-state index contributed by atoms with van der Waals surface area (Å²) in [7, 11) is 1.55. The Balaban J connectivity index is 1.62. The number of methoxy groups -OCH3 is 1. The molecule has 6 nitrogen and oxygen atoms in total. The highest BCUT2D eigenvalue weighted by Gasteiger charge is 2.39. The first kappa shape index (κ1) is 18.3. The van der Waals surface area contributed by atoms with Gasteiger partial charge in [0.15, 0.2) is 11.6 Å². The third-order valence-electron chi connectivity index (χ3n) is 4.53. The van der Waals surface area contributed by atoms with Gasteiger partial charge >= 0.3 is 0 Å². The molecule has 2 heterocycles. The molecule has 7 heteroatoms. The molecule has 1 saturated heterocycles. The minimum Gasteiger partial charge on any atom is -0.453 e. The fourth-order valence-corrected chi connectivity index (χ4v) is 2.97. The molecule has 0 saturated carbocycles. The summed E-state index contributed by atoms with van der Waals surface area (Å²) < 4.78 is 25.2. The molecule has 0 bridgehead atoms. The molecule has 0 atom stereocenters. The Bertz CT molecular complexity index is 749. The van der Waals surface area contributed by atoms with Crippen LogP contribution in [0, 0.1) is 5.82 Å². The number of benzene rings is 1. The van der Waals surface area contributed by atoms with Gasteiger partial charge in [-0.1, -0.05) is 6.07 Å². The van der Waals surface area contributed by atoms with Crippen molar-refractivity contribution in [1.29, 1.82) is 0 Å². The zero-order valence-electron chi connectivity index (χ0n) is 14.6. The van der Waals surface area contributed by atoms with E-state index in [1.807, 2.05) is 0 Å². The first-order valence-corrected chi connectivity index (χ1v) is 8.53. The second-order valence-corrected chi connectivity index (χ2v) is 6.19. The van der Waals surface area contributed by atoms with Crippen LogP contribution in [-0.2, 0) is 16.1 Å². The van der Waals surface area contributed by atoms with E-state index in [0.29, 0.717) is 24.2 Å². The van der Waals surface area contributed by atoms with Gasteiger partial charge in [-0.05, 0) is 55.8 Å². The average molecular weight is 359 g/mol. The Kier molecular flexibility index (Phi) is 5.80. The van der Waals surface area contributed by atoms with E-state index in [9.17, 15) is 9.18 Å². The van der Waals surface area contributed by atoms with Crippen LogP contribution in [0.3, 0.4) is 0 Å². The number of hydrogen-bond acceptors (Lipinski definition) is 5. The number of hydrogen-bond donors (Lipinski definition) is 2. The molecule has 1 fully saturated rings. The highest BCUT2D eigenvalue weighted by molar-refractivity contribution is 5.85. The molecule has 1 aromatic heterocycles. The highest BCUT2D eigenvalue weighted by atomic mass is 19.1. The minimum atomic E-state index is -0.812. The summed E-state index contributed by atoms with van der Waals surface area (Å²) in [5.41, 5.74) is -0.165. The molecular weight excluding hydrogens is 337 g/mol. The fourth-order valence-electron chi connectivity index (χ4n) is 2.97. The van der Waals surface area contributed by atoms with Crippen molar-refractivity contribution in [2.45, 2.75) is 25.0 Å². The van der Waals surface area contributed by atoms with Crippen molar-refractivity contribution in [3.63, 3.8) is 0 Å². The molecule has 1 aromatic carbocycles. The number of aromatic nitrogens is 1. The van der Waals surface area contributed by atoms with Crippen molar-refractivity contribution in [3.05, 3.63) is 54.1 Å². The van der Waals surface area contributed by atoms with E-state index < -0.39 is 11.4 Å². The second kappa shape index (κ2) is 8.25. The minimum absolute atomic E-state index is 0.111. The lowest BCUT2D eigenvalue weighted by Crippen LogP contribution is -2.53. The number of rotatable bonds is 6. The number of pyridine rings is 1. The summed E-state index contributed by atoms with van der Waals surface area (Å²) in [6.45, 7) is 1.69. The van der Waals surface area contributed by atoms with Crippen LogP contribution in [0.4, 0.5) is 4.39 Å². The van der Waals surface area contributed by atoms with E-state index in [2.05, 4.69) is 15.6 Å². The lowest BCUT2D eigenvalue weighted by Gasteiger charge is -2.34. The summed E-state index contributed by atoms with van der Waals surface area (Å²) in [5.74, 6) is -0.0956. The first-order valence-electron chi connectivity index (χ1n) is 8.53. The van der Waals surface area contributed by atoms with Crippen LogP contribution >= 0.6 is 0 Å². The van der Waals surface area contributed by atoms with Gasteiger partial charge in [0.1, 0.15) is 11.4 Å². The van der Waals surface area contributed by atoms with Crippen LogP contribution in [0.5, 0.6) is 11.5 Å². The maximum absolute atomic E-state index is 14.3. The van der Waals surface area contributed by atoms with E-state index >= 15 is 0 Å². The van der Waals surface area contributed by atoms with Crippen LogP contribution in [0.1, 0.15) is 18.4 Å². The fraction of sp³-hybridized carbons (Fsp3) is 0.368. The smallest absolute Gasteiger partial charge is 0.252 e. The number of ether oxygens (including phenoxy) is 2. The van der Waals surface area contributed by atoms with Gasteiger partial charge in [-0.15, -0.1) is 0 Å². The Morgan fingerprint density at radius 3 is 2.81 bits per heavy atom. The highest BCUT2D eigenvalue weighted by Crippen LogP contribution is 2.25.